The Hall–Kier alpha value is -4.18. The van der Waals surface area contributed by atoms with E-state index in [9.17, 15) is 0 Å². The van der Waals surface area contributed by atoms with Gasteiger partial charge in [0, 0.05) is 29.1 Å². The fraction of sp³-hybridized carbons (Fsp3) is 0.357. The first-order valence-corrected chi connectivity index (χ1v) is 13.0. The van der Waals surface area contributed by atoms with Gasteiger partial charge >= 0.3 is 11.4 Å². The van der Waals surface area contributed by atoms with Crippen LogP contribution in [0.3, 0.4) is 0 Å². The maximum Gasteiger partial charge on any atom is 0.416 e. The second kappa shape index (κ2) is 9.60. The Morgan fingerprint density at radius 2 is 1.87 bits per heavy atom. The van der Waals surface area contributed by atoms with Crippen LogP contribution in [0, 0.1) is 11.8 Å². The van der Waals surface area contributed by atoms with Gasteiger partial charge in [0.25, 0.3) is 11.4 Å². The lowest BCUT2D eigenvalue weighted by molar-refractivity contribution is -0.785. The zero-order chi connectivity index (χ0) is 26.4. The summed E-state index contributed by atoms with van der Waals surface area (Å²) in [5.41, 5.74) is 7.58. The molecule has 0 saturated carbocycles. The minimum Gasteiger partial charge on any atom is -0.338 e. The Bertz CT molecular complexity index is 1760. The van der Waals surface area contributed by atoms with Crippen molar-refractivity contribution >= 4 is 33.4 Å². The topological polar surface area (TPSA) is 113 Å². The van der Waals surface area contributed by atoms with E-state index in [0.29, 0.717) is 35.5 Å². The first-order valence-electron chi connectivity index (χ1n) is 13.0. The molecule has 0 aromatic carbocycles. The van der Waals surface area contributed by atoms with Gasteiger partial charge in [0.05, 0.1) is 25.1 Å². The summed E-state index contributed by atoms with van der Waals surface area (Å²) in [5, 5.41) is 9.29. The van der Waals surface area contributed by atoms with Crippen LogP contribution in [0.1, 0.15) is 44.8 Å². The number of hydrogen-bond acceptors (Lipinski definition) is 7. The van der Waals surface area contributed by atoms with Crippen molar-refractivity contribution in [1.82, 2.24) is 30.4 Å². The molecule has 0 aliphatic rings. The van der Waals surface area contributed by atoms with Gasteiger partial charge in [0.15, 0.2) is 22.2 Å². The van der Waals surface area contributed by atoms with E-state index in [1.165, 1.54) is 0 Å². The van der Waals surface area contributed by atoms with Crippen LogP contribution >= 0.6 is 0 Å². The first kappa shape index (κ1) is 24.2. The number of hydrogen-bond donors (Lipinski definition) is 2. The number of pyridine rings is 3. The Kier molecular flexibility index (Phi) is 6.11. The van der Waals surface area contributed by atoms with Crippen LogP contribution in [0.25, 0.3) is 44.7 Å². The van der Waals surface area contributed by atoms with Gasteiger partial charge in [-0.15, -0.1) is 4.57 Å². The lowest BCUT2D eigenvalue weighted by Crippen LogP contribution is -2.41. The lowest BCUT2D eigenvalue weighted by Gasteiger charge is -2.09. The summed E-state index contributed by atoms with van der Waals surface area (Å²) < 4.78 is 16.3. The summed E-state index contributed by atoms with van der Waals surface area (Å²) in [6.07, 6.45) is 6.84. The van der Waals surface area contributed by atoms with Crippen molar-refractivity contribution in [2.75, 3.05) is 7.05 Å². The zero-order valence-electron chi connectivity index (χ0n) is 22.3. The second-order valence-corrected chi connectivity index (χ2v) is 10.5. The Balaban J connectivity index is 1.67. The highest BCUT2D eigenvalue weighted by molar-refractivity contribution is 5.82. The van der Waals surface area contributed by atoms with Gasteiger partial charge in [-0.05, 0) is 37.4 Å². The molecule has 10 heteroatoms. The van der Waals surface area contributed by atoms with Crippen LogP contribution in [0.4, 0.5) is 0 Å². The van der Waals surface area contributed by atoms with Crippen LogP contribution < -0.4 is 14.6 Å². The van der Waals surface area contributed by atoms with Gasteiger partial charge < -0.3 is 10.3 Å². The number of rotatable bonds is 8. The van der Waals surface area contributed by atoms with E-state index < -0.39 is 0 Å². The second-order valence-electron chi connectivity index (χ2n) is 10.5. The highest BCUT2D eigenvalue weighted by atomic mass is 16.5. The van der Waals surface area contributed by atoms with E-state index in [0.717, 1.165) is 57.6 Å². The van der Waals surface area contributed by atoms with Crippen LogP contribution in [0.5, 0.6) is 0 Å². The minimum absolute atomic E-state index is 0.391. The minimum atomic E-state index is 0.391. The molecule has 194 valence electrons. The molecule has 0 aliphatic heterocycles. The van der Waals surface area contributed by atoms with Crippen LogP contribution in [0.2, 0.25) is 0 Å². The van der Waals surface area contributed by atoms with E-state index in [1.807, 2.05) is 23.9 Å². The van der Waals surface area contributed by atoms with Gasteiger partial charge in [-0.1, -0.05) is 32.9 Å². The molecule has 0 atom stereocenters. The summed E-state index contributed by atoms with van der Waals surface area (Å²) in [6.45, 7) is 9.42. The van der Waals surface area contributed by atoms with Gasteiger partial charge in [-0.25, -0.2) is 19.5 Å². The standard InChI is InChI=1S/C28H32N8O2/c1-16(2)9-18-11-23(25-26(34-18)32-15-31-25)35-19(10-17(3)4)12-22(21-13-33-37-28(21)35)36-24(14-29-5)20-7-6-8-30-27(20)38-36/h6-8,11-13,15-17,29H,9-10,14H2,1-5H3,(H,31,32,34)/q+2. The molecule has 6 aromatic rings. The van der Waals surface area contributed by atoms with Gasteiger partial charge in [-0.3, -0.25) is 4.52 Å². The number of H-pyrrole nitrogens is 1. The quantitative estimate of drug-likeness (QED) is 0.297. The smallest absolute Gasteiger partial charge is 0.338 e. The normalized spacial score (nSPS) is 12.2. The van der Waals surface area contributed by atoms with Crippen molar-refractivity contribution in [2.24, 2.45) is 11.8 Å². The third-order valence-corrected chi connectivity index (χ3v) is 6.59. The van der Waals surface area contributed by atoms with Crippen LogP contribution in [-0.4, -0.2) is 32.1 Å². The van der Waals surface area contributed by atoms with Gasteiger partial charge in [0.2, 0.25) is 5.69 Å². The molecule has 0 saturated heterocycles. The van der Waals surface area contributed by atoms with Crippen molar-refractivity contribution in [1.29, 1.82) is 0 Å². The summed E-state index contributed by atoms with van der Waals surface area (Å²) in [5.74, 6) is 0.853. The molecule has 0 fully saturated rings. The fourth-order valence-corrected chi connectivity index (χ4v) is 5.12. The third kappa shape index (κ3) is 4.10. The maximum absolute atomic E-state index is 6.30. The Labute approximate surface area is 219 Å². The number of aromatic amines is 1. The Morgan fingerprint density at radius 1 is 1.03 bits per heavy atom. The predicted molar refractivity (Wildman–Crippen MR) is 142 cm³/mol. The average molecular weight is 513 g/mol. The highest BCUT2D eigenvalue weighted by Crippen LogP contribution is 2.26. The molecule has 0 amide bonds. The molecule has 38 heavy (non-hydrogen) atoms. The molecule has 10 nitrogen and oxygen atoms in total. The Morgan fingerprint density at radius 3 is 2.66 bits per heavy atom. The van der Waals surface area contributed by atoms with Crippen molar-refractivity contribution < 1.29 is 18.4 Å². The van der Waals surface area contributed by atoms with E-state index in [2.05, 4.69) is 69.8 Å². The highest BCUT2D eigenvalue weighted by Gasteiger charge is 2.36. The largest absolute Gasteiger partial charge is 0.416 e. The zero-order valence-corrected chi connectivity index (χ0v) is 22.3. The maximum atomic E-state index is 6.30. The molecule has 2 N–H and O–H groups in total. The number of aromatic nitrogens is 7. The molecular weight excluding hydrogens is 480 g/mol. The SMILES string of the molecule is CNCc1c2cccnc2o[n+]1-c1cc(CC(C)C)[n+](-c2cc(CC(C)C)nc3nc[nH]c23)c2oncc12. The van der Waals surface area contributed by atoms with E-state index in [4.69, 9.17) is 14.0 Å². The molecule has 6 rings (SSSR count). The van der Waals surface area contributed by atoms with E-state index in [1.54, 1.807) is 18.7 Å². The number of nitrogens with one attached hydrogen (secondary N) is 2. The van der Waals surface area contributed by atoms with Crippen molar-refractivity contribution in [3.8, 4) is 11.4 Å². The molecular formula is C28H32N8O2+2. The van der Waals surface area contributed by atoms with Crippen LogP contribution in [0.15, 0.2) is 52.0 Å². The molecule has 0 bridgehead atoms. The summed E-state index contributed by atoms with van der Waals surface area (Å²) >= 11 is 0. The van der Waals surface area contributed by atoms with Crippen molar-refractivity contribution in [2.45, 2.75) is 47.1 Å². The van der Waals surface area contributed by atoms with Gasteiger partial charge in [-0.2, -0.15) is 0 Å². The van der Waals surface area contributed by atoms with Crippen LogP contribution in [-0.2, 0) is 19.4 Å². The van der Waals surface area contributed by atoms with E-state index >= 15 is 0 Å². The molecule has 0 aliphatic carbocycles. The molecule has 0 unspecified atom stereocenters. The molecule has 6 aromatic heterocycles. The molecule has 0 radical (unpaired) electrons. The molecule has 6 heterocycles. The summed E-state index contributed by atoms with van der Waals surface area (Å²) in [7, 11) is 1.92. The first-order chi connectivity index (χ1) is 18.4. The fourth-order valence-electron chi connectivity index (χ4n) is 5.12. The summed E-state index contributed by atoms with van der Waals surface area (Å²) in [6, 6.07) is 8.26. The number of nitrogens with zero attached hydrogens (tertiary/aromatic N) is 6. The summed E-state index contributed by atoms with van der Waals surface area (Å²) in [4.78, 5) is 17.1. The lowest BCUT2D eigenvalue weighted by atomic mass is 10.0. The number of imidazole rings is 1. The van der Waals surface area contributed by atoms with Gasteiger partial charge in [0.1, 0.15) is 5.39 Å². The molecule has 0 spiro atoms. The average Bonchev–Trinajstić information content (AvgIpc) is 3.62. The monoisotopic (exact) mass is 512 g/mol. The van der Waals surface area contributed by atoms with E-state index in [-0.39, 0.29) is 0 Å². The third-order valence-electron chi connectivity index (χ3n) is 6.59. The number of fused-ring (bicyclic) bond motifs is 3. The van der Waals surface area contributed by atoms with Crippen molar-refractivity contribution in [3.05, 3.63) is 60.1 Å². The predicted octanol–water partition coefficient (Wildman–Crippen LogP) is 3.91. The van der Waals surface area contributed by atoms with Crippen molar-refractivity contribution in [3.63, 3.8) is 0 Å².